The van der Waals surface area contributed by atoms with Crippen LogP contribution in [0, 0.1) is 13.8 Å². The van der Waals surface area contributed by atoms with Crippen LogP contribution in [0.15, 0.2) is 59.1 Å². The number of aryl methyl sites for hydroxylation is 2. The third kappa shape index (κ3) is 5.15. The number of thioether (sulfide) groups is 1. The summed E-state index contributed by atoms with van der Waals surface area (Å²) in [5.74, 6) is 1.85. The molecule has 0 aliphatic heterocycles. The van der Waals surface area contributed by atoms with Gasteiger partial charge < -0.3 is 9.84 Å². The van der Waals surface area contributed by atoms with E-state index in [0.717, 1.165) is 28.1 Å². The van der Waals surface area contributed by atoms with Gasteiger partial charge in [0, 0.05) is 16.3 Å². The van der Waals surface area contributed by atoms with E-state index < -0.39 is 0 Å². The van der Waals surface area contributed by atoms with Gasteiger partial charge in [-0.1, -0.05) is 59.2 Å². The normalized spacial score (nSPS) is 12.0. The molecule has 0 saturated heterocycles. The summed E-state index contributed by atoms with van der Waals surface area (Å²) in [5.41, 5.74) is 3.97. The Hall–Kier alpha value is -2.24. The average molecular weight is 401 g/mol. The molecule has 1 heterocycles. The van der Waals surface area contributed by atoms with Crippen LogP contribution in [0.25, 0.3) is 0 Å². The molecule has 1 unspecified atom stereocenters. The predicted molar refractivity (Wildman–Crippen MR) is 110 cm³/mol. The van der Waals surface area contributed by atoms with Crippen LogP contribution in [0.3, 0.4) is 0 Å². The van der Waals surface area contributed by atoms with Crippen LogP contribution >= 0.6 is 23.4 Å². The Morgan fingerprint density at radius 3 is 2.41 bits per heavy atom. The SMILES string of the molecule is Cc1noc(C)c1CSCC(=O)NC(c1ccccc1)c1ccc(Cl)cc1. The Labute approximate surface area is 168 Å². The number of halogens is 1. The molecule has 2 aromatic carbocycles. The van der Waals surface area contributed by atoms with Crippen molar-refractivity contribution in [3.63, 3.8) is 0 Å². The number of aromatic nitrogens is 1. The number of nitrogens with zero attached hydrogens (tertiary/aromatic N) is 1. The van der Waals surface area contributed by atoms with Gasteiger partial charge in [0.2, 0.25) is 5.91 Å². The van der Waals surface area contributed by atoms with Gasteiger partial charge in [-0.15, -0.1) is 11.8 Å². The summed E-state index contributed by atoms with van der Waals surface area (Å²) in [6.07, 6.45) is 0. The number of carbonyl (C=O) groups is 1. The standard InChI is InChI=1S/C21H21ClN2O2S/c1-14-19(15(2)26-24-14)12-27-13-20(25)23-21(16-6-4-3-5-7-16)17-8-10-18(22)11-9-17/h3-11,21H,12-13H2,1-2H3,(H,23,25). The molecule has 3 aromatic rings. The van der Waals surface area contributed by atoms with Crippen LogP contribution in [0.4, 0.5) is 0 Å². The maximum Gasteiger partial charge on any atom is 0.230 e. The maximum atomic E-state index is 12.6. The van der Waals surface area contributed by atoms with Gasteiger partial charge in [0.05, 0.1) is 17.5 Å². The first-order chi connectivity index (χ1) is 13.0. The van der Waals surface area contributed by atoms with Crippen molar-refractivity contribution in [1.82, 2.24) is 10.5 Å². The lowest BCUT2D eigenvalue weighted by molar-refractivity contribution is -0.119. The molecular formula is C21H21ClN2O2S. The molecule has 3 rings (SSSR count). The summed E-state index contributed by atoms with van der Waals surface area (Å²) < 4.78 is 5.17. The minimum absolute atomic E-state index is 0.0180. The molecule has 0 radical (unpaired) electrons. The fourth-order valence-electron chi connectivity index (χ4n) is 2.82. The molecule has 1 N–H and O–H groups in total. The highest BCUT2D eigenvalue weighted by Crippen LogP contribution is 2.24. The highest BCUT2D eigenvalue weighted by molar-refractivity contribution is 7.99. The number of hydrogen-bond acceptors (Lipinski definition) is 4. The minimum atomic E-state index is -0.212. The largest absolute Gasteiger partial charge is 0.361 e. The highest BCUT2D eigenvalue weighted by atomic mass is 35.5. The summed E-state index contributed by atoms with van der Waals surface area (Å²) in [7, 11) is 0. The van der Waals surface area contributed by atoms with Crippen molar-refractivity contribution in [3.05, 3.63) is 87.8 Å². The van der Waals surface area contributed by atoms with Crippen molar-refractivity contribution < 1.29 is 9.32 Å². The number of amides is 1. The van der Waals surface area contributed by atoms with Crippen molar-refractivity contribution in [1.29, 1.82) is 0 Å². The van der Waals surface area contributed by atoms with Gasteiger partial charge in [-0.05, 0) is 37.1 Å². The van der Waals surface area contributed by atoms with E-state index >= 15 is 0 Å². The van der Waals surface area contributed by atoms with Gasteiger partial charge in [0.1, 0.15) is 5.76 Å². The number of carbonyl (C=O) groups excluding carboxylic acids is 1. The number of nitrogens with one attached hydrogen (secondary N) is 1. The molecule has 0 fully saturated rings. The Kier molecular flexibility index (Phi) is 6.58. The van der Waals surface area contributed by atoms with Gasteiger partial charge in [0.25, 0.3) is 0 Å². The van der Waals surface area contributed by atoms with E-state index in [9.17, 15) is 4.79 Å². The second kappa shape index (κ2) is 9.11. The number of hydrogen-bond donors (Lipinski definition) is 1. The van der Waals surface area contributed by atoms with Crippen molar-refractivity contribution in [2.45, 2.75) is 25.6 Å². The summed E-state index contributed by atoms with van der Waals surface area (Å²) in [5, 5.41) is 7.76. The molecular weight excluding hydrogens is 380 g/mol. The van der Waals surface area contributed by atoms with Crippen molar-refractivity contribution in [3.8, 4) is 0 Å². The van der Waals surface area contributed by atoms with Crippen molar-refractivity contribution in [2.75, 3.05) is 5.75 Å². The fraction of sp³-hybridized carbons (Fsp3) is 0.238. The molecule has 6 heteroatoms. The zero-order valence-electron chi connectivity index (χ0n) is 15.2. The van der Waals surface area contributed by atoms with E-state index in [1.165, 1.54) is 0 Å². The molecule has 0 bridgehead atoms. The fourth-order valence-corrected chi connectivity index (χ4v) is 3.93. The Morgan fingerprint density at radius 1 is 1.11 bits per heavy atom. The third-order valence-electron chi connectivity index (χ3n) is 4.30. The Morgan fingerprint density at radius 2 is 1.78 bits per heavy atom. The lowest BCUT2D eigenvalue weighted by atomic mass is 9.99. The smallest absolute Gasteiger partial charge is 0.230 e. The van der Waals surface area contributed by atoms with Crippen LogP contribution in [-0.4, -0.2) is 16.8 Å². The minimum Gasteiger partial charge on any atom is -0.361 e. The summed E-state index contributed by atoms with van der Waals surface area (Å²) in [4.78, 5) is 12.6. The van der Waals surface area contributed by atoms with Gasteiger partial charge in [-0.25, -0.2) is 0 Å². The molecule has 4 nitrogen and oxygen atoms in total. The van der Waals surface area contributed by atoms with E-state index in [4.69, 9.17) is 16.1 Å². The first-order valence-corrected chi connectivity index (χ1v) is 10.2. The quantitative estimate of drug-likeness (QED) is 0.600. The van der Waals surface area contributed by atoms with Gasteiger partial charge in [-0.2, -0.15) is 0 Å². The van der Waals surface area contributed by atoms with E-state index in [1.807, 2.05) is 68.4 Å². The van der Waals surface area contributed by atoms with Crippen LogP contribution in [0.2, 0.25) is 5.02 Å². The molecule has 1 atom stereocenters. The molecule has 0 aliphatic rings. The molecule has 140 valence electrons. The van der Waals surface area contributed by atoms with E-state index in [0.29, 0.717) is 16.5 Å². The topological polar surface area (TPSA) is 55.1 Å². The van der Waals surface area contributed by atoms with Crippen LogP contribution in [0.1, 0.15) is 34.2 Å². The van der Waals surface area contributed by atoms with Crippen LogP contribution in [-0.2, 0) is 10.5 Å². The zero-order chi connectivity index (χ0) is 19.2. The second-order valence-corrected chi connectivity index (χ2v) is 7.68. The molecule has 0 spiro atoms. The lowest BCUT2D eigenvalue weighted by Gasteiger charge is -2.20. The van der Waals surface area contributed by atoms with Crippen LogP contribution in [0.5, 0.6) is 0 Å². The lowest BCUT2D eigenvalue weighted by Crippen LogP contribution is -2.30. The highest BCUT2D eigenvalue weighted by Gasteiger charge is 2.17. The van der Waals surface area contributed by atoms with Gasteiger partial charge in [-0.3, -0.25) is 4.79 Å². The monoisotopic (exact) mass is 400 g/mol. The van der Waals surface area contributed by atoms with Crippen molar-refractivity contribution >= 4 is 29.3 Å². The Balaban J connectivity index is 1.66. The number of rotatable bonds is 7. The van der Waals surface area contributed by atoms with Crippen LogP contribution < -0.4 is 5.32 Å². The average Bonchev–Trinajstić information content (AvgIpc) is 3.00. The van der Waals surface area contributed by atoms with E-state index in [1.54, 1.807) is 11.8 Å². The van der Waals surface area contributed by atoms with E-state index in [2.05, 4.69) is 10.5 Å². The van der Waals surface area contributed by atoms with Crippen molar-refractivity contribution in [2.24, 2.45) is 0 Å². The number of benzene rings is 2. The first kappa shape index (κ1) is 19.5. The summed E-state index contributed by atoms with van der Waals surface area (Å²) in [6.45, 7) is 3.81. The summed E-state index contributed by atoms with van der Waals surface area (Å²) in [6, 6.07) is 17.3. The van der Waals surface area contributed by atoms with Gasteiger partial charge >= 0.3 is 0 Å². The predicted octanol–water partition coefficient (Wildman–Crippen LogP) is 5.08. The Bertz CT molecular complexity index is 875. The third-order valence-corrected chi connectivity index (χ3v) is 5.51. The molecule has 1 amide bonds. The molecule has 0 saturated carbocycles. The summed E-state index contributed by atoms with van der Waals surface area (Å²) >= 11 is 7.56. The first-order valence-electron chi connectivity index (χ1n) is 8.64. The van der Waals surface area contributed by atoms with E-state index in [-0.39, 0.29) is 11.9 Å². The zero-order valence-corrected chi connectivity index (χ0v) is 16.8. The second-order valence-electron chi connectivity index (χ2n) is 6.26. The molecule has 27 heavy (non-hydrogen) atoms. The molecule has 1 aromatic heterocycles. The molecule has 0 aliphatic carbocycles. The van der Waals surface area contributed by atoms with Gasteiger partial charge in [0.15, 0.2) is 0 Å². The maximum absolute atomic E-state index is 12.6.